The van der Waals surface area contributed by atoms with E-state index in [0.29, 0.717) is 0 Å². The van der Waals surface area contributed by atoms with Gasteiger partial charge in [-0.25, -0.2) is 4.98 Å². The predicted molar refractivity (Wildman–Crippen MR) is 88.4 cm³/mol. The molecule has 1 N–H and O–H groups in total. The SMILES string of the molecule is CCCNC(C)(c1nc(CC)c(C)s1)C1CCCCC1. The predicted octanol–water partition coefficient (Wildman–Crippen LogP) is 4.81. The molecule has 0 amide bonds. The maximum atomic E-state index is 4.98. The summed E-state index contributed by atoms with van der Waals surface area (Å²) in [5.41, 5.74) is 1.38. The van der Waals surface area contributed by atoms with E-state index in [1.165, 1.54) is 54.1 Å². The maximum Gasteiger partial charge on any atom is 0.113 e. The van der Waals surface area contributed by atoms with E-state index in [1.54, 1.807) is 0 Å². The molecule has 0 bridgehead atoms. The fourth-order valence-corrected chi connectivity index (χ4v) is 4.64. The van der Waals surface area contributed by atoms with Crippen LogP contribution in [0.15, 0.2) is 0 Å². The zero-order valence-corrected chi connectivity index (χ0v) is 14.4. The van der Waals surface area contributed by atoms with Crippen molar-refractivity contribution in [2.75, 3.05) is 6.54 Å². The molecule has 20 heavy (non-hydrogen) atoms. The van der Waals surface area contributed by atoms with Crippen LogP contribution >= 0.6 is 11.3 Å². The van der Waals surface area contributed by atoms with E-state index in [9.17, 15) is 0 Å². The highest BCUT2D eigenvalue weighted by Crippen LogP contribution is 2.41. The van der Waals surface area contributed by atoms with Crippen molar-refractivity contribution in [3.63, 3.8) is 0 Å². The first kappa shape index (κ1) is 16.0. The molecular weight excluding hydrogens is 264 g/mol. The lowest BCUT2D eigenvalue weighted by Gasteiger charge is -2.39. The zero-order valence-electron chi connectivity index (χ0n) is 13.6. The Morgan fingerprint density at radius 3 is 2.50 bits per heavy atom. The minimum atomic E-state index is 0.0826. The Balaban J connectivity index is 2.28. The lowest BCUT2D eigenvalue weighted by Crippen LogP contribution is -2.47. The van der Waals surface area contributed by atoms with Crippen molar-refractivity contribution < 1.29 is 0 Å². The smallest absolute Gasteiger partial charge is 0.113 e. The van der Waals surface area contributed by atoms with Crippen molar-refractivity contribution in [3.05, 3.63) is 15.6 Å². The summed E-state index contributed by atoms with van der Waals surface area (Å²) in [6.45, 7) is 10.2. The lowest BCUT2D eigenvalue weighted by molar-refractivity contribution is 0.177. The second-order valence-electron chi connectivity index (χ2n) is 6.34. The van der Waals surface area contributed by atoms with Crippen LogP contribution in [0.1, 0.15) is 74.9 Å². The molecule has 2 nitrogen and oxygen atoms in total. The molecule has 114 valence electrons. The van der Waals surface area contributed by atoms with Crippen LogP contribution in [0.25, 0.3) is 0 Å². The van der Waals surface area contributed by atoms with Gasteiger partial charge in [0.25, 0.3) is 0 Å². The normalized spacial score (nSPS) is 20.0. The fourth-order valence-electron chi connectivity index (χ4n) is 3.44. The Hall–Kier alpha value is -0.410. The van der Waals surface area contributed by atoms with Gasteiger partial charge in [0.15, 0.2) is 0 Å². The molecule has 0 aliphatic heterocycles. The highest BCUT2D eigenvalue weighted by atomic mass is 32.1. The summed E-state index contributed by atoms with van der Waals surface area (Å²) >= 11 is 1.92. The number of nitrogens with one attached hydrogen (secondary N) is 1. The number of thiazole rings is 1. The lowest BCUT2D eigenvalue weighted by atomic mass is 9.76. The summed E-state index contributed by atoms with van der Waals surface area (Å²) in [6, 6.07) is 0. The molecule has 0 radical (unpaired) electrons. The molecule has 1 heterocycles. The van der Waals surface area contributed by atoms with Gasteiger partial charge >= 0.3 is 0 Å². The van der Waals surface area contributed by atoms with Crippen LogP contribution in [0.4, 0.5) is 0 Å². The minimum absolute atomic E-state index is 0.0826. The van der Waals surface area contributed by atoms with Crippen molar-refractivity contribution in [1.29, 1.82) is 0 Å². The standard InChI is InChI=1S/C17H30N2S/c1-5-12-18-17(4,14-10-8-7-9-11-14)16-19-15(6-2)13(3)20-16/h14,18H,5-12H2,1-4H3. The zero-order chi connectivity index (χ0) is 14.6. The van der Waals surface area contributed by atoms with Crippen molar-refractivity contribution in [2.24, 2.45) is 5.92 Å². The average molecular weight is 295 g/mol. The molecule has 1 atom stereocenters. The summed E-state index contributed by atoms with van der Waals surface area (Å²) < 4.78 is 0. The van der Waals surface area contributed by atoms with Crippen LogP contribution in [0.3, 0.4) is 0 Å². The molecule has 1 aromatic rings. The van der Waals surface area contributed by atoms with Gasteiger partial charge in [0.05, 0.1) is 11.2 Å². The van der Waals surface area contributed by atoms with Gasteiger partial charge in [-0.3, -0.25) is 0 Å². The molecule has 1 unspecified atom stereocenters. The van der Waals surface area contributed by atoms with Gasteiger partial charge in [0, 0.05) is 4.88 Å². The highest BCUT2D eigenvalue weighted by molar-refractivity contribution is 7.11. The fraction of sp³-hybridized carbons (Fsp3) is 0.824. The Labute approximate surface area is 128 Å². The van der Waals surface area contributed by atoms with Crippen molar-refractivity contribution in [3.8, 4) is 0 Å². The molecule has 3 heteroatoms. The Kier molecular flexibility index (Phi) is 5.62. The molecule has 1 fully saturated rings. The van der Waals surface area contributed by atoms with Gasteiger partial charge in [-0.15, -0.1) is 11.3 Å². The monoisotopic (exact) mass is 294 g/mol. The topological polar surface area (TPSA) is 24.9 Å². The van der Waals surface area contributed by atoms with Gasteiger partial charge in [-0.1, -0.05) is 33.1 Å². The van der Waals surface area contributed by atoms with Crippen LogP contribution in [-0.2, 0) is 12.0 Å². The van der Waals surface area contributed by atoms with Crippen LogP contribution in [0.2, 0.25) is 0 Å². The van der Waals surface area contributed by atoms with Crippen LogP contribution < -0.4 is 5.32 Å². The van der Waals surface area contributed by atoms with Crippen LogP contribution in [0.5, 0.6) is 0 Å². The summed E-state index contributed by atoms with van der Waals surface area (Å²) in [4.78, 5) is 6.39. The van der Waals surface area contributed by atoms with Gasteiger partial charge < -0.3 is 5.32 Å². The summed E-state index contributed by atoms with van der Waals surface area (Å²) in [6.07, 6.45) is 9.14. The third-order valence-electron chi connectivity index (χ3n) is 4.84. The second kappa shape index (κ2) is 7.04. The van der Waals surface area contributed by atoms with E-state index >= 15 is 0 Å². The Bertz CT molecular complexity index is 421. The molecule has 1 aliphatic rings. The molecule has 1 aromatic heterocycles. The number of hydrogen-bond donors (Lipinski definition) is 1. The van der Waals surface area contributed by atoms with E-state index < -0.39 is 0 Å². The van der Waals surface area contributed by atoms with E-state index in [4.69, 9.17) is 4.98 Å². The van der Waals surface area contributed by atoms with Gasteiger partial charge in [0.1, 0.15) is 5.01 Å². The van der Waals surface area contributed by atoms with E-state index in [-0.39, 0.29) is 5.54 Å². The molecular formula is C17H30N2S. The van der Waals surface area contributed by atoms with Crippen molar-refractivity contribution in [1.82, 2.24) is 10.3 Å². The average Bonchev–Trinajstić information content (AvgIpc) is 2.87. The first-order valence-electron chi connectivity index (χ1n) is 8.33. The van der Waals surface area contributed by atoms with E-state index in [0.717, 1.165) is 18.9 Å². The molecule has 0 aromatic carbocycles. The number of aryl methyl sites for hydroxylation is 2. The summed E-state index contributed by atoms with van der Waals surface area (Å²) in [5, 5.41) is 5.17. The number of hydrogen-bond acceptors (Lipinski definition) is 3. The highest BCUT2D eigenvalue weighted by Gasteiger charge is 2.38. The van der Waals surface area contributed by atoms with Gasteiger partial charge in [-0.2, -0.15) is 0 Å². The maximum absolute atomic E-state index is 4.98. The summed E-state index contributed by atoms with van der Waals surface area (Å²) in [5.74, 6) is 0.748. The first-order valence-corrected chi connectivity index (χ1v) is 9.15. The number of rotatable bonds is 6. The molecule has 1 aliphatic carbocycles. The third-order valence-corrected chi connectivity index (χ3v) is 6.09. The van der Waals surface area contributed by atoms with Crippen molar-refractivity contribution in [2.45, 2.75) is 78.2 Å². The van der Waals surface area contributed by atoms with Crippen molar-refractivity contribution >= 4 is 11.3 Å². The number of nitrogens with zero attached hydrogens (tertiary/aromatic N) is 1. The third kappa shape index (κ3) is 3.25. The first-order chi connectivity index (χ1) is 9.61. The van der Waals surface area contributed by atoms with Crippen LogP contribution in [0, 0.1) is 12.8 Å². The molecule has 1 saturated carbocycles. The largest absolute Gasteiger partial charge is 0.305 e. The quantitative estimate of drug-likeness (QED) is 0.814. The van der Waals surface area contributed by atoms with E-state index in [2.05, 4.69) is 33.0 Å². The summed E-state index contributed by atoms with van der Waals surface area (Å²) in [7, 11) is 0. The molecule has 0 saturated heterocycles. The van der Waals surface area contributed by atoms with Gasteiger partial charge in [0.2, 0.25) is 0 Å². The van der Waals surface area contributed by atoms with Gasteiger partial charge in [-0.05, 0) is 52.0 Å². The molecule has 2 rings (SSSR count). The minimum Gasteiger partial charge on any atom is -0.305 e. The van der Waals surface area contributed by atoms with Crippen LogP contribution in [-0.4, -0.2) is 11.5 Å². The molecule has 0 spiro atoms. The number of aromatic nitrogens is 1. The Morgan fingerprint density at radius 2 is 1.95 bits per heavy atom. The van der Waals surface area contributed by atoms with E-state index in [1.807, 2.05) is 11.3 Å². The second-order valence-corrected chi connectivity index (χ2v) is 7.54. The Morgan fingerprint density at radius 1 is 1.25 bits per heavy atom.